The van der Waals surface area contributed by atoms with Crippen LogP contribution in [-0.2, 0) is 9.53 Å². The van der Waals surface area contributed by atoms with E-state index in [9.17, 15) is 0 Å². The van der Waals surface area contributed by atoms with Gasteiger partial charge in [0, 0.05) is 6.54 Å². The number of rotatable bonds is 1. The van der Waals surface area contributed by atoms with E-state index in [2.05, 4.69) is 23.6 Å². The normalized spacial score (nSPS) is 20.8. The molecular formula is C11H25NO2. The summed E-state index contributed by atoms with van der Waals surface area (Å²) in [5.41, 5.74) is 0. The Balaban J connectivity index is 0. The Bertz CT molecular complexity index is 110. The van der Waals surface area contributed by atoms with Crippen LogP contribution < -0.4 is 0 Å². The maximum absolute atomic E-state index is 8.95. The van der Waals surface area contributed by atoms with Crippen molar-refractivity contribution in [3.8, 4) is 0 Å². The molecular weight excluding hydrogens is 178 g/mol. The Hall–Kier alpha value is -0.570. The van der Waals surface area contributed by atoms with E-state index >= 15 is 0 Å². The summed E-state index contributed by atoms with van der Waals surface area (Å²) in [6.45, 7) is 9.32. The molecule has 14 heavy (non-hydrogen) atoms. The van der Waals surface area contributed by atoms with E-state index in [4.69, 9.17) is 4.79 Å². The first-order chi connectivity index (χ1) is 6.70. The Morgan fingerprint density at radius 3 is 2.14 bits per heavy atom. The summed E-state index contributed by atoms with van der Waals surface area (Å²) in [5.74, 6) is 0.939. The molecule has 0 radical (unpaired) electrons. The maximum atomic E-state index is 8.95. The molecule has 1 fully saturated rings. The van der Waals surface area contributed by atoms with Crippen LogP contribution in [0.3, 0.4) is 0 Å². The summed E-state index contributed by atoms with van der Waals surface area (Å²) in [7, 11) is 3.52. The van der Waals surface area contributed by atoms with Crippen molar-refractivity contribution in [3.63, 3.8) is 0 Å². The number of likely N-dealkylation sites (tertiary alicyclic amines) is 1. The first-order valence-electron chi connectivity index (χ1n) is 5.35. The quantitative estimate of drug-likeness (QED) is 0.612. The zero-order chi connectivity index (χ0) is 11.4. The van der Waals surface area contributed by atoms with Crippen LogP contribution in [0.25, 0.3) is 0 Å². The van der Waals surface area contributed by atoms with Gasteiger partial charge in [-0.2, -0.15) is 0 Å². The average Bonchev–Trinajstić information content (AvgIpc) is 2.21. The highest BCUT2D eigenvalue weighted by atomic mass is 16.5. The van der Waals surface area contributed by atoms with Crippen molar-refractivity contribution in [1.82, 2.24) is 4.90 Å². The molecule has 0 aromatic rings. The summed E-state index contributed by atoms with van der Waals surface area (Å²) >= 11 is 0. The van der Waals surface area contributed by atoms with Gasteiger partial charge in [-0.05, 0) is 32.4 Å². The fraction of sp³-hybridized carbons (Fsp3) is 0.909. The average molecular weight is 203 g/mol. The molecule has 1 saturated heterocycles. The van der Waals surface area contributed by atoms with Crippen molar-refractivity contribution < 1.29 is 9.53 Å². The first-order valence-corrected chi connectivity index (χ1v) is 5.35. The molecule has 1 aliphatic heterocycles. The molecule has 86 valence electrons. The molecule has 0 aliphatic carbocycles. The van der Waals surface area contributed by atoms with Gasteiger partial charge in [0.1, 0.15) is 0 Å². The number of nitrogens with zero attached hydrogens (tertiary/aromatic N) is 1. The highest BCUT2D eigenvalue weighted by molar-refractivity contribution is 5.36. The van der Waals surface area contributed by atoms with E-state index in [1.165, 1.54) is 33.0 Å². The number of carbonyl (C=O) groups excluding carboxylic acids is 1. The fourth-order valence-corrected chi connectivity index (χ4v) is 1.42. The lowest BCUT2D eigenvalue weighted by Crippen LogP contribution is -2.30. The molecule has 3 nitrogen and oxygen atoms in total. The van der Waals surface area contributed by atoms with Crippen molar-refractivity contribution in [2.75, 3.05) is 27.2 Å². The number of piperidine rings is 1. The molecule has 0 aromatic carbocycles. The molecule has 0 amide bonds. The standard InChI is InChI=1S/C7H15N.C2H4O2.C2H6/c1-7-4-3-5-8(2)6-7;1-4-2-3;1-2/h7H,3-6H2,1-2H3;2H,1H3;1-2H3. The van der Waals surface area contributed by atoms with Gasteiger partial charge in [-0.15, -0.1) is 0 Å². The van der Waals surface area contributed by atoms with Gasteiger partial charge in [0.05, 0.1) is 7.11 Å². The topological polar surface area (TPSA) is 29.5 Å². The summed E-state index contributed by atoms with van der Waals surface area (Å²) < 4.78 is 3.86. The molecule has 1 unspecified atom stereocenters. The second kappa shape index (κ2) is 12.4. The van der Waals surface area contributed by atoms with Gasteiger partial charge in [0.25, 0.3) is 6.47 Å². The zero-order valence-corrected chi connectivity index (χ0v) is 10.2. The SMILES string of the molecule is CC.CC1CCCN(C)C1.COC=O. The van der Waals surface area contributed by atoms with Crippen LogP contribution in [-0.4, -0.2) is 38.6 Å². The minimum absolute atomic E-state index is 0.375. The number of hydrogen-bond acceptors (Lipinski definition) is 3. The number of hydrogen-bond donors (Lipinski definition) is 0. The van der Waals surface area contributed by atoms with E-state index in [-0.39, 0.29) is 0 Å². The second-order valence-electron chi connectivity index (χ2n) is 3.34. The van der Waals surface area contributed by atoms with Crippen LogP contribution in [0.1, 0.15) is 33.6 Å². The predicted molar refractivity (Wildman–Crippen MR) is 60.3 cm³/mol. The lowest BCUT2D eigenvalue weighted by Gasteiger charge is -2.26. The highest BCUT2D eigenvalue weighted by Gasteiger charge is 2.11. The Labute approximate surface area is 88.4 Å². The molecule has 0 bridgehead atoms. The first kappa shape index (κ1) is 15.9. The van der Waals surface area contributed by atoms with Crippen LogP contribution in [0, 0.1) is 5.92 Å². The van der Waals surface area contributed by atoms with Gasteiger partial charge >= 0.3 is 0 Å². The van der Waals surface area contributed by atoms with Crippen LogP contribution >= 0.6 is 0 Å². The number of methoxy groups -OCH3 is 1. The molecule has 0 saturated carbocycles. The molecule has 0 aromatic heterocycles. The number of ether oxygens (including phenoxy) is 1. The number of carbonyl (C=O) groups is 1. The Morgan fingerprint density at radius 2 is 1.93 bits per heavy atom. The molecule has 3 heteroatoms. The third-order valence-electron chi connectivity index (χ3n) is 1.96. The van der Waals surface area contributed by atoms with Crippen molar-refractivity contribution in [2.45, 2.75) is 33.6 Å². The summed E-state index contributed by atoms with van der Waals surface area (Å²) in [4.78, 5) is 11.4. The lowest BCUT2D eigenvalue weighted by molar-refractivity contribution is -0.126. The van der Waals surface area contributed by atoms with Gasteiger partial charge in [0.15, 0.2) is 0 Å². The molecule has 0 spiro atoms. The van der Waals surface area contributed by atoms with Crippen molar-refractivity contribution in [2.24, 2.45) is 5.92 Å². The summed E-state index contributed by atoms with van der Waals surface area (Å²) in [5, 5.41) is 0. The molecule has 0 N–H and O–H groups in total. The van der Waals surface area contributed by atoms with Crippen molar-refractivity contribution in [1.29, 1.82) is 0 Å². The van der Waals surface area contributed by atoms with Gasteiger partial charge in [0.2, 0.25) is 0 Å². The summed E-state index contributed by atoms with van der Waals surface area (Å²) in [6.07, 6.45) is 2.84. The maximum Gasteiger partial charge on any atom is 0.292 e. The van der Waals surface area contributed by atoms with Crippen LogP contribution in [0.2, 0.25) is 0 Å². The van der Waals surface area contributed by atoms with Crippen molar-refractivity contribution >= 4 is 6.47 Å². The monoisotopic (exact) mass is 203 g/mol. The zero-order valence-electron chi connectivity index (χ0n) is 10.2. The lowest BCUT2D eigenvalue weighted by atomic mass is 10.0. The van der Waals surface area contributed by atoms with E-state index in [1.54, 1.807) is 0 Å². The summed E-state index contributed by atoms with van der Waals surface area (Å²) in [6, 6.07) is 0. The van der Waals surface area contributed by atoms with Gasteiger partial charge in [-0.1, -0.05) is 20.8 Å². The van der Waals surface area contributed by atoms with Crippen LogP contribution in [0.4, 0.5) is 0 Å². The second-order valence-corrected chi connectivity index (χ2v) is 3.34. The third kappa shape index (κ3) is 11.4. The molecule has 1 aliphatic rings. The molecule has 1 atom stereocenters. The minimum atomic E-state index is 0.375. The van der Waals surface area contributed by atoms with Crippen LogP contribution in [0.15, 0.2) is 0 Å². The van der Waals surface area contributed by atoms with Crippen LogP contribution in [0.5, 0.6) is 0 Å². The minimum Gasteiger partial charge on any atom is -0.471 e. The van der Waals surface area contributed by atoms with E-state index < -0.39 is 0 Å². The largest absolute Gasteiger partial charge is 0.471 e. The van der Waals surface area contributed by atoms with Gasteiger partial charge in [-0.3, -0.25) is 4.79 Å². The van der Waals surface area contributed by atoms with E-state index in [0.717, 1.165) is 5.92 Å². The predicted octanol–water partition coefficient (Wildman–Crippen LogP) is 2.16. The van der Waals surface area contributed by atoms with E-state index in [0.29, 0.717) is 6.47 Å². The van der Waals surface area contributed by atoms with E-state index in [1.807, 2.05) is 13.8 Å². The third-order valence-corrected chi connectivity index (χ3v) is 1.96. The fourth-order valence-electron chi connectivity index (χ4n) is 1.42. The molecule has 1 heterocycles. The smallest absolute Gasteiger partial charge is 0.292 e. The van der Waals surface area contributed by atoms with Crippen molar-refractivity contribution in [3.05, 3.63) is 0 Å². The highest BCUT2D eigenvalue weighted by Crippen LogP contribution is 2.12. The van der Waals surface area contributed by atoms with Gasteiger partial charge in [-0.25, -0.2) is 0 Å². The Morgan fingerprint density at radius 1 is 1.43 bits per heavy atom. The molecule has 1 rings (SSSR count). The Kier molecular flexibility index (Phi) is 14.1. The van der Waals surface area contributed by atoms with Gasteiger partial charge < -0.3 is 9.64 Å².